The van der Waals surface area contributed by atoms with E-state index in [2.05, 4.69) is 4.98 Å². The Labute approximate surface area is 137 Å². The van der Waals surface area contributed by atoms with Gasteiger partial charge < -0.3 is 9.64 Å². The second-order valence-corrected chi connectivity index (χ2v) is 6.55. The molecule has 1 amide bonds. The molecule has 0 spiro atoms. The molecule has 2 heterocycles. The number of ether oxygens (including phenoxy) is 1. The lowest BCUT2D eigenvalue weighted by Gasteiger charge is -2.22. The van der Waals surface area contributed by atoms with E-state index in [0.29, 0.717) is 11.6 Å². The van der Waals surface area contributed by atoms with Crippen LogP contribution in [0.2, 0.25) is 5.02 Å². The lowest BCUT2D eigenvalue weighted by molar-refractivity contribution is -0.129. The number of rotatable bonds is 6. The normalized spacial score (nSPS) is 21.3. The Bertz CT molecular complexity index is 493. The minimum absolute atomic E-state index is 0.113. The molecule has 1 aliphatic rings. The highest BCUT2D eigenvalue weighted by atomic mass is 35.5. The van der Waals surface area contributed by atoms with Crippen molar-refractivity contribution in [1.29, 1.82) is 0 Å². The fraction of sp³-hybridized carbons (Fsp3) is 0.625. The lowest BCUT2D eigenvalue weighted by Crippen LogP contribution is -2.38. The Morgan fingerprint density at radius 2 is 2.05 bits per heavy atom. The van der Waals surface area contributed by atoms with Crippen molar-refractivity contribution in [2.75, 3.05) is 34.2 Å². The van der Waals surface area contributed by atoms with Crippen LogP contribution in [-0.4, -0.2) is 67.1 Å². The molecule has 0 saturated carbocycles. The molecule has 2 atom stereocenters. The zero-order chi connectivity index (χ0) is 16.1. The predicted molar refractivity (Wildman–Crippen MR) is 87.0 cm³/mol. The van der Waals surface area contributed by atoms with E-state index in [1.54, 1.807) is 25.2 Å². The molecule has 0 bridgehead atoms. The third-order valence-electron chi connectivity index (χ3n) is 3.84. The Morgan fingerprint density at radius 1 is 1.32 bits per heavy atom. The molecule has 1 aromatic rings. The molecule has 1 aliphatic heterocycles. The average molecular weight is 326 g/mol. The van der Waals surface area contributed by atoms with Crippen LogP contribution in [0.1, 0.15) is 18.5 Å². The molecule has 0 unspecified atom stereocenters. The SMILES string of the molecule is CN(CC(=O)N(C)C)C[C@H]1CC[C@@H](Cc2ccc(Cl)cn2)O1. The van der Waals surface area contributed by atoms with E-state index >= 15 is 0 Å². The maximum Gasteiger partial charge on any atom is 0.236 e. The van der Waals surface area contributed by atoms with Crippen LogP contribution >= 0.6 is 11.6 Å². The zero-order valence-electron chi connectivity index (χ0n) is 13.5. The summed E-state index contributed by atoms with van der Waals surface area (Å²) in [7, 11) is 5.51. The molecule has 6 heteroatoms. The summed E-state index contributed by atoms with van der Waals surface area (Å²) in [5.74, 6) is 0.113. The molecule has 0 radical (unpaired) electrons. The highest BCUT2D eigenvalue weighted by Gasteiger charge is 2.27. The minimum atomic E-state index is 0.113. The van der Waals surface area contributed by atoms with Gasteiger partial charge in [0.25, 0.3) is 0 Å². The Morgan fingerprint density at radius 3 is 2.68 bits per heavy atom. The van der Waals surface area contributed by atoms with Crippen molar-refractivity contribution in [3.8, 4) is 0 Å². The summed E-state index contributed by atoms with van der Waals surface area (Å²) in [6.07, 6.45) is 4.94. The summed E-state index contributed by atoms with van der Waals surface area (Å²) in [4.78, 5) is 19.6. The molecule has 2 rings (SSSR count). The first kappa shape index (κ1) is 17.2. The highest BCUT2D eigenvalue weighted by molar-refractivity contribution is 6.30. The molecule has 22 heavy (non-hydrogen) atoms. The van der Waals surface area contributed by atoms with Gasteiger partial charge in [0.05, 0.1) is 23.8 Å². The maximum atomic E-state index is 11.7. The van der Waals surface area contributed by atoms with Gasteiger partial charge in [-0.25, -0.2) is 0 Å². The first-order chi connectivity index (χ1) is 10.4. The van der Waals surface area contributed by atoms with Crippen molar-refractivity contribution in [2.24, 2.45) is 0 Å². The van der Waals surface area contributed by atoms with E-state index in [4.69, 9.17) is 16.3 Å². The molecule has 122 valence electrons. The van der Waals surface area contributed by atoms with Crippen molar-refractivity contribution in [3.63, 3.8) is 0 Å². The van der Waals surface area contributed by atoms with Gasteiger partial charge in [-0.2, -0.15) is 0 Å². The molecule has 5 nitrogen and oxygen atoms in total. The van der Waals surface area contributed by atoms with Gasteiger partial charge in [-0.1, -0.05) is 11.6 Å². The Hall–Kier alpha value is -1.17. The molecule has 0 aromatic carbocycles. The van der Waals surface area contributed by atoms with Crippen molar-refractivity contribution >= 4 is 17.5 Å². The standard InChI is InChI=1S/C16H24ClN3O2/c1-19(2)16(21)11-20(3)10-15-7-6-14(22-15)8-13-5-4-12(17)9-18-13/h4-5,9,14-15H,6-8,10-11H2,1-3H3/t14-,15+/m0/s1. The van der Waals surface area contributed by atoms with Crippen molar-refractivity contribution < 1.29 is 9.53 Å². The number of pyridine rings is 1. The van der Waals surface area contributed by atoms with Crippen molar-refractivity contribution in [3.05, 3.63) is 29.0 Å². The van der Waals surface area contributed by atoms with E-state index < -0.39 is 0 Å². The van der Waals surface area contributed by atoms with Crippen LogP contribution in [0.3, 0.4) is 0 Å². The number of hydrogen-bond donors (Lipinski definition) is 0. The van der Waals surface area contributed by atoms with E-state index in [0.717, 1.165) is 31.5 Å². The summed E-state index contributed by atoms with van der Waals surface area (Å²) in [5.41, 5.74) is 1.01. The number of likely N-dealkylation sites (N-methyl/N-ethyl adjacent to an activating group) is 2. The zero-order valence-corrected chi connectivity index (χ0v) is 14.2. The number of carbonyl (C=O) groups excluding carboxylic acids is 1. The first-order valence-corrected chi connectivity index (χ1v) is 7.96. The van der Waals surface area contributed by atoms with Crippen LogP contribution in [0.4, 0.5) is 0 Å². The fourth-order valence-corrected chi connectivity index (χ4v) is 2.72. The second-order valence-electron chi connectivity index (χ2n) is 6.11. The topological polar surface area (TPSA) is 45.7 Å². The number of carbonyl (C=O) groups is 1. The van der Waals surface area contributed by atoms with Crippen LogP contribution in [0.25, 0.3) is 0 Å². The van der Waals surface area contributed by atoms with E-state index in [1.165, 1.54) is 0 Å². The smallest absolute Gasteiger partial charge is 0.236 e. The molecule has 1 aromatic heterocycles. The summed E-state index contributed by atoms with van der Waals surface area (Å²) in [6, 6.07) is 3.80. The summed E-state index contributed by atoms with van der Waals surface area (Å²) >= 11 is 5.84. The van der Waals surface area contributed by atoms with Gasteiger partial charge in [-0.15, -0.1) is 0 Å². The number of nitrogens with zero attached hydrogens (tertiary/aromatic N) is 3. The van der Waals surface area contributed by atoms with E-state index in [1.807, 2.05) is 24.1 Å². The van der Waals surface area contributed by atoms with Crippen LogP contribution in [0.15, 0.2) is 18.3 Å². The third kappa shape index (κ3) is 5.23. The van der Waals surface area contributed by atoms with E-state index in [9.17, 15) is 4.79 Å². The van der Waals surface area contributed by atoms with Gasteiger partial charge in [-0.3, -0.25) is 14.7 Å². The van der Waals surface area contributed by atoms with Crippen LogP contribution in [0, 0.1) is 0 Å². The predicted octanol–water partition coefficient (Wildman–Crippen LogP) is 1.85. The number of aromatic nitrogens is 1. The fourth-order valence-electron chi connectivity index (χ4n) is 2.61. The third-order valence-corrected chi connectivity index (χ3v) is 4.06. The maximum absolute atomic E-state index is 11.7. The second kappa shape index (κ2) is 7.90. The molecular formula is C16H24ClN3O2. The minimum Gasteiger partial charge on any atom is -0.373 e. The number of halogens is 1. The van der Waals surface area contributed by atoms with Gasteiger partial charge in [0.2, 0.25) is 5.91 Å². The lowest BCUT2D eigenvalue weighted by atomic mass is 10.1. The van der Waals surface area contributed by atoms with Crippen LogP contribution in [0.5, 0.6) is 0 Å². The molecule has 0 aliphatic carbocycles. The van der Waals surface area contributed by atoms with Crippen LogP contribution in [-0.2, 0) is 16.0 Å². The largest absolute Gasteiger partial charge is 0.373 e. The number of hydrogen-bond acceptors (Lipinski definition) is 4. The Kier molecular flexibility index (Phi) is 6.17. The summed E-state index contributed by atoms with van der Waals surface area (Å²) in [5, 5.41) is 0.654. The molecule has 1 fully saturated rings. The summed E-state index contributed by atoms with van der Waals surface area (Å²) < 4.78 is 6.07. The quantitative estimate of drug-likeness (QED) is 0.800. The van der Waals surface area contributed by atoms with Gasteiger partial charge >= 0.3 is 0 Å². The van der Waals surface area contributed by atoms with Crippen LogP contribution < -0.4 is 0 Å². The Balaban J connectivity index is 1.75. The summed E-state index contributed by atoms with van der Waals surface area (Å²) in [6.45, 7) is 1.21. The highest BCUT2D eigenvalue weighted by Crippen LogP contribution is 2.23. The monoisotopic (exact) mass is 325 g/mol. The van der Waals surface area contributed by atoms with E-state index in [-0.39, 0.29) is 18.1 Å². The van der Waals surface area contributed by atoms with Gasteiger partial charge in [0, 0.05) is 39.0 Å². The number of amides is 1. The van der Waals surface area contributed by atoms with Gasteiger partial charge in [0.15, 0.2) is 0 Å². The van der Waals surface area contributed by atoms with Gasteiger partial charge in [0.1, 0.15) is 0 Å². The van der Waals surface area contributed by atoms with Crippen molar-refractivity contribution in [2.45, 2.75) is 31.5 Å². The van der Waals surface area contributed by atoms with Gasteiger partial charge in [-0.05, 0) is 32.0 Å². The first-order valence-electron chi connectivity index (χ1n) is 7.58. The molecular weight excluding hydrogens is 302 g/mol. The van der Waals surface area contributed by atoms with Crippen molar-refractivity contribution in [1.82, 2.24) is 14.8 Å². The molecule has 1 saturated heterocycles. The average Bonchev–Trinajstić information content (AvgIpc) is 2.88. The molecule has 0 N–H and O–H groups in total.